The van der Waals surface area contributed by atoms with Gasteiger partial charge in [0.15, 0.2) is 0 Å². The number of benzene rings is 2. The van der Waals surface area contributed by atoms with Crippen molar-refractivity contribution in [2.45, 2.75) is 39.7 Å². The van der Waals surface area contributed by atoms with E-state index in [-0.39, 0.29) is 11.8 Å². The molecule has 2 aromatic carbocycles. The molecule has 0 N–H and O–H groups in total. The van der Waals surface area contributed by atoms with Crippen molar-refractivity contribution in [3.05, 3.63) is 71.7 Å². The minimum Gasteiger partial charge on any atom is -0.339 e. The molecule has 0 radical (unpaired) electrons. The van der Waals surface area contributed by atoms with Crippen molar-refractivity contribution in [2.24, 2.45) is 0 Å². The second kappa shape index (κ2) is 8.07. The summed E-state index contributed by atoms with van der Waals surface area (Å²) < 4.78 is 7.55. The molecular formula is C25H25N5O2. The lowest BCUT2D eigenvalue weighted by atomic mass is 10.1. The van der Waals surface area contributed by atoms with E-state index in [4.69, 9.17) is 4.52 Å². The van der Waals surface area contributed by atoms with Crippen LogP contribution in [0.2, 0.25) is 0 Å². The lowest BCUT2D eigenvalue weighted by molar-refractivity contribution is -0.117. The van der Waals surface area contributed by atoms with Crippen LogP contribution >= 0.6 is 0 Å². The van der Waals surface area contributed by atoms with Gasteiger partial charge in [-0.05, 0) is 56.2 Å². The number of carbonyl (C=O) groups excluding carboxylic acids is 1. The van der Waals surface area contributed by atoms with Crippen molar-refractivity contribution in [3.63, 3.8) is 0 Å². The number of amides is 1. The molecule has 1 saturated heterocycles. The molecule has 1 aliphatic rings. The third-order valence-corrected chi connectivity index (χ3v) is 6.15. The number of hydrogen-bond donors (Lipinski definition) is 0. The van der Waals surface area contributed by atoms with E-state index < -0.39 is 0 Å². The molecule has 7 heteroatoms. The minimum atomic E-state index is -0.116. The van der Waals surface area contributed by atoms with Crippen LogP contribution in [0.5, 0.6) is 0 Å². The van der Waals surface area contributed by atoms with Gasteiger partial charge in [-0.15, -0.1) is 0 Å². The van der Waals surface area contributed by atoms with Crippen LogP contribution in [0.4, 0.5) is 5.69 Å². The molecule has 0 aliphatic carbocycles. The standard InChI is InChI=1S/C25H25N5O2/c1-4-30-22(10-11-26-30)18-6-5-7-19(13-18)24-27-25(32-28-24)20-14-23(31)29(15-20)21-9-8-16(2)17(3)12-21/h5-13,20H,4,14-15H2,1-3H3/t20-/m0/s1. The van der Waals surface area contributed by atoms with Gasteiger partial charge in [0, 0.05) is 42.5 Å². The third kappa shape index (κ3) is 3.60. The van der Waals surface area contributed by atoms with Crippen LogP contribution in [0.25, 0.3) is 22.6 Å². The maximum absolute atomic E-state index is 12.7. The molecular weight excluding hydrogens is 402 g/mol. The van der Waals surface area contributed by atoms with Crippen molar-refractivity contribution < 1.29 is 9.32 Å². The maximum Gasteiger partial charge on any atom is 0.232 e. The molecule has 0 spiro atoms. The molecule has 3 heterocycles. The van der Waals surface area contributed by atoms with Crippen LogP contribution in [0.1, 0.15) is 36.3 Å². The van der Waals surface area contributed by atoms with E-state index >= 15 is 0 Å². The molecule has 0 bridgehead atoms. The molecule has 2 aromatic heterocycles. The Balaban J connectivity index is 1.38. The Morgan fingerprint density at radius 2 is 1.91 bits per heavy atom. The summed E-state index contributed by atoms with van der Waals surface area (Å²) in [6.07, 6.45) is 2.17. The summed E-state index contributed by atoms with van der Waals surface area (Å²) in [6.45, 7) is 7.53. The normalized spacial score (nSPS) is 16.2. The van der Waals surface area contributed by atoms with Gasteiger partial charge >= 0.3 is 0 Å². The van der Waals surface area contributed by atoms with Crippen LogP contribution in [-0.4, -0.2) is 32.4 Å². The van der Waals surface area contributed by atoms with Crippen molar-refractivity contribution >= 4 is 11.6 Å². The predicted octanol–water partition coefficient (Wildman–Crippen LogP) is 4.76. The van der Waals surface area contributed by atoms with Crippen LogP contribution in [-0.2, 0) is 11.3 Å². The molecule has 32 heavy (non-hydrogen) atoms. The molecule has 1 fully saturated rings. The zero-order chi connectivity index (χ0) is 22.2. The molecule has 5 rings (SSSR count). The van der Waals surface area contributed by atoms with Gasteiger partial charge in [0.05, 0.1) is 11.6 Å². The Labute approximate surface area is 186 Å². The van der Waals surface area contributed by atoms with Crippen LogP contribution in [0.3, 0.4) is 0 Å². The van der Waals surface area contributed by atoms with Crippen LogP contribution in [0.15, 0.2) is 59.3 Å². The van der Waals surface area contributed by atoms with Gasteiger partial charge in [-0.3, -0.25) is 9.48 Å². The molecule has 1 aliphatic heterocycles. The summed E-state index contributed by atoms with van der Waals surface area (Å²) in [4.78, 5) is 19.2. The first-order chi connectivity index (χ1) is 15.5. The number of anilines is 1. The van der Waals surface area contributed by atoms with Gasteiger partial charge < -0.3 is 9.42 Å². The van der Waals surface area contributed by atoms with Crippen LogP contribution in [0, 0.1) is 13.8 Å². The van der Waals surface area contributed by atoms with E-state index in [1.54, 1.807) is 6.20 Å². The summed E-state index contributed by atoms with van der Waals surface area (Å²) in [5.74, 6) is 0.994. The summed E-state index contributed by atoms with van der Waals surface area (Å²) >= 11 is 0. The molecule has 4 aromatic rings. The van der Waals surface area contributed by atoms with E-state index in [9.17, 15) is 4.79 Å². The number of carbonyl (C=O) groups is 1. The summed E-state index contributed by atoms with van der Waals surface area (Å²) in [5.41, 5.74) is 6.26. The average molecular weight is 428 g/mol. The third-order valence-electron chi connectivity index (χ3n) is 6.15. The minimum absolute atomic E-state index is 0.0767. The number of rotatable bonds is 5. The lowest BCUT2D eigenvalue weighted by Crippen LogP contribution is -2.24. The van der Waals surface area contributed by atoms with Gasteiger partial charge in [-0.2, -0.15) is 10.1 Å². The molecule has 1 amide bonds. The second-order valence-electron chi connectivity index (χ2n) is 8.24. The first-order valence-corrected chi connectivity index (χ1v) is 10.9. The molecule has 1 atom stereocenters. The van der Waals surface area contributed by atoms with Crippen molar-refractivity contribution in [2.75, 3.05) is 11.4 Å². The van der Waals surface area contributed by atoms with E-state index in [0.29, 0.717) is 24.7 Å². The number of nitrogens with zero attached hydrogens (tertiary/aromatic N) is 5. The number of aryl methyl sites for hydroxylation is 3. The monoisotopic (exact) mass is 427 g/mol. The summed E-state index contributed by atoms with van der Waals surface area (Å²) in [5, 5.41) is 8.56. The highest BCUT2D eigenvalue weighted by Crippen LogP contribution is 2.33. The van der Waals surface area contributed by atoms with Crippen LogP contribution < -0.4 is 4.90 Å². The zero-order valence-electron chi connectivity index (χ0n) is 18.4. The van der Waals surface area contributed by atoms with E-state index in [1.807, 2.05) is 52.0 Å². The highest BCUT2D eigenvalue weighted by molar-refractivity contribution is 5.96. The fourth-order valence-electron chi connectivity index (χ4n) is 4.18. The lowest BCUT2D eigenvalue weighted by Gasteiger charge is -2.17. The van der Waals surface area contributed by atoms with Gasteiger partial charge in [-0.25, -0.2) is 0 Å². The fourth-order valence-corrected chi connectivity index (χ4v) is 4.18. The molecule has 7 nitrogen and oxygen atoms in total. The van der Waals surface area contributed by atoms with Gasteiger partial charge in [0.25, 0.3) is 0 Å². The van der Waals surface area contributed by atoms with Gasteiger partial charge in [0.2, 0.25) is 17.6 Å². The number of hydrogen-bond acceptors (Lipinski definition) is 5. The Kier molecular flexibility index (Phi) is 5.09. The smallest absolute Gasteiger partial charge is 0.232 e. The van der Waals surface area contributed by atoms with Crippen molar-refractivity contribution in [3.8, 4) is 22.6 Å². The Hall–Kier alpha value is -3.74. The average Bonchev–Trinajstić information content (AvgIpc) is 3.55. The maximum atomic E-state index is 12.7. The van der Waals surface area contributed by atoms with Crippen molar-refractivity contribution in [1.29, 1.82) is 0 Å². The Bertz CT molecular complexity index is 1290. The highest BCUT2D eigenvalue weighted by Gasteiger charge is 2.35. The van der Waals surface area contributed by atoms with Gasteiger partial charge in [-0.1, -0.05) is 29.4 Å². The highest BCUT2D eigenvalue weighted by atomic mass is 16.5. The van der Waals surface area contributed by atoms with Crippen molar-refractivity contribution in [1.82, 2.24) is 19.9 Å². The molecule has 0 unspecified atom stereocenters. The first kappa shape index (κ1) is 20.2. The summed E-state index contributed by atoms with van der Waals surface area (Å²) in [7, 11) is 0. The van der Waals surface area contributed by atoms with E-state index in [0.717, 1.165) is 29.1 Å². The molecule has 162 valence electrons. The topological polar surface area (TPSA) is 77.0 Å². The largest absolute Gasteiger partial charge is 0.339 e. The van der Waals surface area contributed by atoms with E-state index in [1.165, 1.54) is 11.1 Å². The molecule has 0 saturated carbocycles. The first-order valence-electron chi connectivity index (χ1n) is 10.9. The quantitative estimate of drug-likeness (QED) is 0.459. The summed E-state index contributed by atoms with van der Waals surface area (Å²) in [6, 6.07) is 16.1. The fraction of sp³-hybridized carbons (Fsp3) is 0.280. The SMILES string of the molecule is CCn1nccc1-c1cccc(-c2noc([C@H]3CC(=O)N(c4ccc(C)c(C)c4)C3)n2)c1. The predicted molar refractivity (Wildman–Crippen MR) is 122 cm³/mol. The van der Waals surface area contributed by atoms with E-state index in [2.05, 4.69) is 42.1 Å². The Morgan fingerprint density at radius 1 is 1.06 bits per heavy atom. The zero-order valence-corrected chi connectivity index (χ0v) is 18.4. The number of aromatic nitrogens is 4. The second-order valence-corrected chi connectivity index (χ2v) is 8.24. The van der Waals surface area contributed by atoms with Gasteiger partial charge in [0.1, 0.15) is 0 Å². The Morgan fingerprint density at radius 3 is 2.72 bits per heavy atom.